The number of oxime groups is 1. The van der Waals surface area contributed by atoms with Crippen molar-refractivity contribution in [3.05, 3.63) is 36.0 Å². The minimum Gasteiger partial charge on any atom is -0.410 e. The third-order valence-electron chi connectivity index (χ3n) is 4.77. The highest BCUT2D eigenvalue weighted by molar-refractivity contribution is 6.79. The number of alkyl halides is 3. The first-order valence-electron chi connectivity index (χ1n) is 7.31. The van der Waals surface area contributed by atoms with Crippen molar-refractivity contribution in [2.45, 2.75) is 45.1 Å². The van der Waals surface area contributed by atoms with Crippen molar-refractivity contribution < 1.29 is 18.4 Å². The fraction of sp³-hybridized carbons (Fsp3) is 0.438. The molecule has 0 atom stereocenters. The SMILES string of the molecule is CC(C)(C)[Si](C)(C)n1ccc2ccc(/C(=N\O)C(F)(F)F)cc21. The topological polar surface area (TPSA) is 37.5 Å². The summed E-state index contributed by atoms with van der Waals surface area (Å²) < 4.78 is 41.0. The number of rotatable bonds is 2. The Balaban J connectivity index is 2.67. The lowest BCUT2D eigenvalue weighted by molar-refractivity contribution is -0.0601. The Kier molecular flexibility index (Phi) is 4.13. The van der Waals surface area contributed by atoms with Crippen LogP contribution in [0.3, 0.4) is 0 Å². The van der Waals surface area contributed by atoms with Crippen LogP contribution >= 0.6 is 0 Å². The van der Waals surface area contributed by atoms with Gasteiger partial charge in [-0.05, 0) is 28.8 Å². The lowest BCUT2D eigenvalue weighted by atomic mass is 10.1. The van der Waals surface area contributed by atoms with E-state index in [0.717, 1.165) is 10.9 Å². The smallest absolute Gasteiger partial charge is 0.410 e. The molecule has 0 bridgehead atoms. The third kappa shape index (κ3) is 3.02. The molecule has 1 N–H and O–H groups in total. The van der Waals surface area contributed by atoms with Crippen molar-refractivity contribution in [1.82, 2.24) is 4.23 Å². The zero-order valence-corrected chi connectivity index (χ0v) is 14.9. The minimum absolute atomic E-state index is 0.0346. The molecule has 0 aliphatic carbocycles. The molecule has 1 aromatic heterocycles. The molecule has 3 nitrogen and oxygen atoms in total. The van der Waals surface area contributed by atoms with Crippen LogP contribution in [0.15, 0.2) is 35.6 Å². The van der Waals surface area contributed by atoms with Gasteiger partial charge in [-0.3, -0.25) is 0 Å². The minimum atomic E-state index is -4.70. The van der Waals surface area contributed by atoms with Gasteiger partial charge in [-0.2, -0.15) is 13.2 Å². The summed E-state index contributed by atoms with van der Waals surface area (Å²) in [6.07, 6.45) is -2.76. The highest BCUT2D eigenvalue weighted by atomic mass is 28.3. The first-order valence-corrected chi connectivity index (χ1v) is 10.3. The molecule has 7 heteroatoms. The van der Waals surface area contributed by atoms with Gasteiger partial charge in [-0.25, -0.2) is 0 Å². The van der Waals surface area contributed by atoms with Crippen LogP contribution in [0.25, 0.3) is 10.9 Å². The van der Waals surface area contributed by atoms with Gasteiger partial charge in [-0.15, -0.1) is 0 Å². The summed E-state index contributed by atoms with van der Waals surface area (Å²) in [6.45, 7) is 10.8. The summed E-state index contributed by atoms with van der Waals surface area (Å²) in [5, 5.41) is 12.1. The molecule has 0 radical (unpaired) electrons. The first kappa shape index (κ1) is 17.6. The Hall–Kier alpha value is -1.76. The molecule has 126 valence electrons. The number of hydrogen-bond donors (Lipinski definition) is 1. The maximum atomic E-state index is 13.0. The van der Waals surface area contributed by atoms with Crippen LogP contribution in [0.5, 0.6) is 0 Å². The molecule has 2 rings (SSSR count). The highest BCUT2D eigenvalue weighted by Crippen LogP contribution is 2.39. The van der Waals surface area contributed by atoms with E-state index in [1.54, 1.807) is 6.07 Å². The summed E-state index contributed by atoms with van der Waals surface area (Å²) in [5.74, 6) is 0. The number of fused-ring (bicyclic) bond motifs is 1. The van der Waals surface area contributed by atoms with Crippen molar-refractivity contribution in [3.8, 4) is 0 Å². The summed E-state index contributed by atoms with van der Waals surface area (Å²) in [7, 11) is -1.97. The molecule has 0 unspecified atom stereocenters. The largest absolute Gasteiger partial charge is 0.437 e. The molecule has 0 spiro atoms. The van der Waals surface area contributed by atoms with E-state index in [1.165, 1.54) is 12.1 Å². The van der Waals surface area contributed by atoms with Crippen molar-refractivity contribution in [3.63, 3.8) is 0 Å². The predicted molar refractivity (Wildman–Crippen MR) is 88.9 cm³/mol. The lowest BCUT2D eigenvalue weighted by Gasteiger charge is -2.38. The van der Waals surface area contributed by atoms with Crippen LogP contribution < -0.4 is 0 Å². The summed E-state index contributed by atoms with van der Waals surface area (Å²) in [6, 6.07) is 6.33. The molecule has 1 heterocycles. The van der Waals surface area contributed by atoms with E-state index in [2.05, 4.69) is 43.3 Å². The van der Waals surface area contributed by atoms with E-state index < -0.39 is 20.1 Å². The number of hydrogen-bond acceptors (Lipinski definition) is 2. The first-order chi connectivity index (χ1) is 10.4. The van der Waals surface area contributed by atoms with Gasteiger partial charge in [0.25, 0.3) is 0 Å². The van der Waals surface area contributed by atoms with E-state index in [1.807, 2.05) is 12.3 Å². The number of nitrogens with zero attached hydrogens (tertiary/aromatic N) is 2. The number of halogens is 3. The maximum Gasteiger partial charge on any atom is 0.437 e. The molecule has 0 saturated heterocycles. The van der Waals surface area contributed by atoms with E-state index in [-0.39, 0.29) is 10.6 Å². The van der Waals surface area contributed by atoms with E-state index in [0.29, 0.717) is 0 Å². The molecule has 0 aliphatic heterocycles. The van der Waals surface area contributed by atoms with Crippen LogP contribution in [0.4, 0.5) is 13.2 Å². The van der Waals surface area contributed by atoms with Crippen LogP contribution in [-0.2, 0) is 0 Å². The van der Waals surface area contributed by atoms with Gasteiger partial charge in [0.05, 0.1) is 0 Å². The van der Waals surface area contributed by atoms with Crippen molar-refractivity contribution in [2.24, 2.45) is 5.16 Å². The summed E-state index contributed by atoms with van der Waals surface area (Å²) in [5.41, 5.74) is -0.673. The summed E-state index contributed by atoms with van der Waals surface area (Å²) in [4.78, 5) is 0. The molecule has 0 aliphatic rings. The second-order valence-electron chi connectivity index (χ2n) is 7.21. The highest BCUT2D eigenvalue weighted by Gasteiger charge is 2.40. The fourth-order valence-electron chi connectivity index (χ4n) is 2.40. The Labute approximate surface area is 134 Å². The monoisotopic (exact) mass is 342 g/mol. The third-order valence-corrected chi connectivity index (χ3v) is 10.0. The zero-order chi connectivity index (χ0) is 17.6. The van der Waals surface area contributed by atoms with E-state index in [4.69, 9.17) is 5.21 Å². The fourth-order valence-corrected chi connectivity index (χ4v) is 4.37. The van der Waals surface area contributed by atoms with E-state index >= 15 is 0 Å². The summed E-state index contributed by atoms with van der Waals surface area (Å²) >= 11 is 0. The normalized spacial score (nSPS) is 14.5. The van der Waals surface area contributed by atoms with Crippen LogP contribution in [0.1, 0.15) is 26.3 Å². The Morgan fingerprint density at radius 3 is 2.22 bits per heavy atom. The quantitative estimate of drug-likeness (QED) is 0.345. The lowest BCUT2D eigenvalue weighted by Crippen LogP contribution is -2.44. The predicted octanol–water partition coefficient (Wildman–Crippen LogP) is 5.24. The second-order valence-corrected chi connectivity index (χ2v) is 12.3. The number of aromatic nitrogens is 1. The molecule has 23 heavy (non-hydrogen) atoms. The maximum absolute atomic E-state index is 13.0. The second kappa shape index (κ2) is 5.40. The molecular weight excluding hydrogens is 321 g/mol. The van der Waals surface area contributed by atoms with Gasteiger partial charge in [0.2, 0.25) is 0 Å². The Morgan fingerprint density at radius 2 is 1.74 bits per heavy atom. The Bertz CT molecular complexity index is 755. The van der Waals surface area contributed by atoms with Crippen LogP contribution in [0, 0.1) is 0 Å². The average Bonchev–Trinajstić information content (AvgIpc) is 2.80. The standard InChI is InChI=1S/C16H21F3N2OSi/c1-15(2,3)23(4,5)21-9-8-11-6-7-12(10-13(11)21)14(20-22)16(17,18)19/h6-10,22H,1-5H3/b20-14+. The Morgan fingerprint density at radius 1 is 1.13 bits per heavy atom. The number of benzene rings is 1. The van der Waals surface area contributed by atoms with Gasteiger partial charge in [0, 0.05) is 11.1 Å². The van der Waals surface area contributed by atoms with Gasteiger partial charge >= 0.3 is 6.18 Å². The van der Waals surface area contributed by atoms with E-state index in [9.17, 15) is 13.2 Å². The van der Waals surface area contributed by atoms with Crippen molar-refractivity contribution in [1.29, 1.82) is 0 Å². The average molecular weight is 342 g/mol. The van der Waals surface area contributed by atoms with Gasteiger partial charge in [0.1, 0.15) is 0 Å². The van der Waals surface area contributed by atoms with Gasteiger partial charge < -0.3 is 9.44 Å². The van der Waals surface area contributed by atoms with Crippen molar-refractivity contribution in [2.75, 3.05) is 0 Å². The zero-order valence-electron chi connectivity index (χ0n) is 13.9. The molecule has 0 saturated carbocycles. The molecule has 0 amide bonds. The molecular formula is C16H21F3N2OSi. The molecule has 0 fully saturated rings. The van der Waals surface area contributed by atoms with Gasteiger partial charge in [0.15, 0.2) is 13.9 Å². The molecule has 1 aromatic carbocycles. The molecule has 2 aromatic rings. The van der Waals surface area contributed by atoms with Crippen molar-refractivity contribution >= 4 is 24.9 Å². The van der Waals surface area contributed by atoms with Crippen LogP contribution in [-0.4, -0.2) is 29.6 Å². The van der Waals surface area contributed by atoms with Gasteiger partial charge in [-0.1, -0.05) is 51.2 Å². The van der Waals surface area contributed by atoms with Crippen LogP contribution in [0.2, 0.25) is 18.1 Å².